The number of rotatable bonds is 15. The van der Waals surface area contributed by atoms with Gasteiger partial charge in [-0.3, -0.25) is 9.36 Å². The van der Waals surface area contributed by atoms with Crippen LogP contribution in [0.5, 0.6) is 0 Å². The van der Waals surface area contributed by atoms with E-state index in [1.54, 1.807) is 0 Å². The molecule has 0 saturated heterocycles. The summed E-state index contributed by atoms with van der Waals surface area (Å²) in [7, 11) is 0. The summed E-state index contributed by atoms with van der Waals surface area (Å²) in [6.07, 6.45) is 8.34. The van der Waals surface area contributed by atoms with Gasteiger partial charge in [-0.2, -0.15) is 0 Å². The van der Waals surface area contributed by atoms with Crippen molar-refractivity contribution in [3.63, 3.8) is 0 Å². The minimum Gasteiger partial charge on any atom is -0.370 e. The SMILES string of the molecule is c1cc2ccc3ccc(COCc4cn(CCCCCCn5cc(COCc6ccc7ccc8cccc9ccc6c7c89)nn5)nn4)c4ccc(c1)c2c34. The van der Waals surface area contributed by atoms with Gasteiger partial charge in [0, 0.05) is 13.1 Å². The molecule has 0 amide bonds. The van der Waals surface area contributed by atoms with Gasteiger partial charge in [-0.25, -0.2) is 0 Å². The molecule has 8 nitrogen and oxygen atoms in total. The van der Waals surface area contributed by atoms with Crippen LogP contribution in [0, 0.1) is 0 Å². The smallest absolute Gasteiger partial charge is 0.108 e. The summed E-state index contributed by atoms with van der Waals surface area (Å²) in [5.41, 5.74) is 4.10. The van der Waals surface area contributed by atoms with E-state index in [0.717, 1.165) is 50.2 Å². The largest absolute Gasteiger partial charge is 0.370 e. The number of aryl methyl sites for hydroxylation is 2. The van der Waals surface area contributed by atoms with Gasteiger partial charge in [-0.1, -0.05) is 132 Å². The van der Waals surface area contributed by atoms with Crippen LogP contribution in [0.3, 0.4) is 0 Å². The summed E-state index contributed by atoms with van der Waals surface area (Å²) in [5.74, 6) is 0. The van der Waals surface area contributed by atoms with E-state index < -0.39 is 0 Å². The summed E-state index contributed by atoms with van der Waals surface area (Å²) in [5, 5.41) is 32.9. The molecule has 0 radical (unpaired) electrons. The van der Waals surface area contributed by atoms with Crippen LogP contribution in [-0.2, 0) is 49.0 Å². The number of nitrogens with zero attached hydrogens (tertiary/aromatic N) is 6. The maximum atomic E-state index is 6.15. The van der Waals surface area contributed by atoms with E-state index in [1.807, 2.05) is 21.8 Å². The Kier molecular flexibility index (Phi) is 8.54. The van der Waals surface area contributed by atoms with E-state index in [2.05, 4.69) is 130 Å². The van der Waals surface area contributed by atoms with Crippen molar-refractivity contribution < 1.29 is 9.47 Å². The van der Waals surface area contributed by atoms with Crippen LogP contribution in [0.1, 0.15) is 48.2 Å². The van der Waals surface area contributed by atoms with E-state index >= 15 is 0 Å². The van der Waals surface area contributed by atoms with Crippen LogP contribution in [0.2, 0.25) is 0 Å². The predicted molar refractivity (Wildman–Crippen MR) is 216 cm³/mol. The average Bonchev–Trinajstić information content (AvgIpc) is 3.87. The van der Waals surface area contributed by atoms with Crippen molar-refractivity contribution in [3.8, 4) is 0 Å². The molecule has 0 aliphatic carbocycles. The molecule has 0 atom stereocenters. The number of benzene rings is 8. The molecule has 2 aromatic heterocycles. The topological polar surface area (TPSA) is 79.9 Å². The average molecular weight is 709 g/mol. The molecule has 8 aromatic carbocycles. The molecular weight excluding hydrogens is 669 g/mol. The maximum absolute atomic E-state index is 6.15. The lowest BCUT2D eigenvalue weighted by atomic mass is 9.92. The molecule has 0 bridgehead atoms. The highest BCUT2D eigenvalue weighted by molar-refractivity contribution is 6.24. The molecule has 0 unspecified atom stereocenters. The number of unbranched alkanes of at least 4 members (excludes halogenated alkanes) is 3. The van der Waals surface area contributed by atoms with Gasteiger partial charge in [0.1, 0.15) is 11.4 Å². The lowest BCUT2D eigenvalue weighted by Crippen LogP contribution is -2.01. The molecule has 54 heavy (non-hydrogen) atoms. The first kappa shape index (κ1) is 32.7. The fraction of sp³-hybridized carbons (Fsp3) is 0.217. The quantitative estimate of drug-likeness (QED) is 0.0779. The zero-order chi connectivity index (χ0) is 35.8. The van der Waals surface area contributed by atoms with Gasteiger partial charge in [0.2, 0.25) is 0 Å². The van der Waals surface area contributed by atoms with Crippen LogP contribution in [-0.4, -0.2) is 30.0 Å². The molecule has 0 aliphatic heterocycles. The minimum atomic E-state index is 0.437. The second kappa shape index (κ2) is 14.1. The molecule has 0 aliphatic rings. The Balaban J connectivity index is 0.656. The Labute approximate surface area is 312 Å². The minimum absolute atomic E-state index is 0.437. The second-order valence-electron chi connectivity index (χ2n) is 14.5. The van der Waals surface area contributed by atoms with Gasteiger partial charge in [0.25, 0.3) is 0 Å². The Morgan fingerprint density at radius 3 is 1.22 bits per heavy atom. The van der Waals surface area contributed by atoms with Gasteiger partial charge in [0.15, 0.2) is 0 Å². The molecule has 10 aromatic rings. The van der Waals surface area contributed by atoms with Crippen LogP contribution in [0.15, 0.2) is 122 Å². The third kappa shape index (κ3) is 6.17. The highest BCUT2D eigenvalue weighted by Gasteiger charge is 2.13. The van der Waals surface area contributed by atoms with Gasteiger partial charge >= 0.3 is 0 Å². The predicted octanol–water partition coefficient (Wildman–Crippen LogP) is 10.4. The normalized spacial score (nSPS) is 12.2. The van der Waals surface area contributed by atoms with Crippen LogP contribution < -0.4 is 0 Å². The monoisotopic (exact) mass is 708 g/mol. The Morgan fingerprint density at radius 2 is 0.778 bits per heavy atom. The fourth-order valence-corrected chi connectivity index (χ4v) is 8.30. The first-order valence-corrected chi connectivity index (χ1v) is 19.0. The first-order valence-electron chi connectivity index (χ1n) is 19.0. The van der Waals surface area contributed by atoms with Gasteiger partial charge in [-0.05, 0) is 88.6 Å². The van der Waals surface area contributed by atoms with Crippen molar-refractivity contribution >= 4 is 64.6 Å². The zero-order valence-corrected chi connectivity index (χ0v) is 30.1. The third-order valence-electron chi connectivity index (χ3n) is 10.9. The van der Waals surface area contributed by atoms with Crippen LogP contribution in [0.4, 0.5) is 0 Å². The van der Waals surface area contributed by atoms with Crippen molar-refractivity contribution in [1.82, 2.24) is 30.0 Å². The molecule has 2 heterocycles. The van der Waals surface area contributed by atoms with Crippen molar-refractivity contribution in [1.29, 1.82) is 0 Å². The highest BCUT2D eigenvalue weighted by Crippen LogP contribution is 2.37. The molecule has 8 heteroatoms. The number of ether oxygens (including phenoxy) is 2. The number of aromatic nitrogens is 6. The molecule has 0 N–H and O–H groups in total. The van der Waals surface area contributed by atoms with E-state index in [-0.39, 0.29) is 0 Å². The Morgan fingerprint density at radius 1 is 0.389 bits per heavy atom. The van der Waals surface area contributed by atoms with E-state index in [0.29, 0.717) is 26.4 Å². The lowest BCUT2D eigenvalue weighted by molar-refractivity contribution is 0.105. The first-order chi connectivity index (χ1) is 26.7. The molecule has 266 valence electrons. The number of hydrogen-bond donors (Lipinski definition) is 0. The van der Waals surface area contributed by atoms with Crippen molar-refractivity contribution in [3.05, 3.63) is 144 Å². The van der Waals surface area contributed by atoms with Gasteiger partial charge in [-0.15, -0.1) is 10.2 Å². The van der Waals surface area contributed by atoms with Crippen molar-refractivity contribution in [2.45, 2.75) is 65.2 Å². The summed E-state index contributed by atoms with van der Waals surface area (Å²) >= 11 is 0. The molecule has 0 spiro atoms. The van der Waals surface area contributed by atoms with Crippen LogP contribution >= 0.6 is 0 Å². The third-order valence-corrected chi connectivity index (χ3v) is 10.9. The standard InChI is InChI=1S/C46H40N6O2/c1(3-23-51-25-39(47-49-51)29-53-27-37-17-15-35-13-11-31-7-5-9-33-19-21-41(37)45(35)43(31)33)2-4-24-52-26-40(48-50-52)30-54-28-38-18-16-36-14-12-32-8-6-10-34-20-22-42(38)46(36)44(32)34/h5-22,25-26H,1-4,23-24,27-30H2. The zero-order valence-electron chi connectivity index (χ0n) is 30.1. The fourth-order valence-electron chi connectivity index (χ4n) is 8.30. The van der Waals surface area contributed by atoms with E-state index in [9.17, 15) is 0 Å². The lowest BCUT2D eigenvalue weighted by Gasteiger charge is -2.13. The van der Waals surface area contributed by atoms with Gasteiger partial charge in [0.05, 0.1) is 38.8 Å². The van der Waals surface area contributed by atoms with Gasteiger partial charge < -0.3 is 9.47 Å². The Bertz CT molecular complexity index is 2650. The summed E-state index contributed by atoms with van der Waals surface area (Å²) in [6, 6.07) is 39.6. The maximum Gasteiger partial charge on any atom is 0.108 e. The summed E-state index contributed by atoms with van der Waals surface area (Å²) in [6.45, 7) is 3.63. The number of hydrogen-bond acceptors (Lipinski definition) is 6. The molecule has 0 saturated carbocycles. The summed E-state index contributed by atoms with van der Waals surface area (Å²) in [4.78, 5) is 0. The van der Waals surface area contributed by atoms with E-state index in [1.165, 1.54) is 75.8 Å². The highest BCUT2D eigenvalue weighted by atomic mass is 16.5. The summed E-state index contributed by atoms with van der Waals surface area (Å²) < 4.78 is 16.2. The van der Waals surface area contributed by atoms with Crippen molar-refractivity contribution in [2.24, 2.45) is 0 Å². The van der Waals surface area contributed by atoms with Crippen molar-refractivity contribution in [2.75, 3.05) is 0 Å². The van der Waals surface area contributed by atoms with Crippen LogP contribution in [0.25, 0.3) is 64.6 Å². The Hall–Kier alpha value is -5.96. The second-order valence-corrected chi connectivity index (χ2v) is 14.5. The molecule has 0 fully saturated rings. The molecular formula is C46H40N6O2. The molecule has 10 rings (SSSR count). The van der Waals surface area contributed by atoms with E-state index in [4.69, 9.17) is 9.47 Å².